The molecular weight excluding hydrogens is 319 g/mol. The summed E-state index contributed by atoms with van der Waals surface area (Å²) >= 11 is 3.25. The molecule has 0 aliphatic rings. The highest BCUT2D eigenvalue weighted by Gasteiger charge is 2.17. The van der Waals surface area contributed by atoms with Gasteiger partial charge < -0.3 is 5.32 Å². The van der Waals surface area contributed by atoms with Gasteiger partial charge in [0.15, 0.2) is 0 Å². The minimum atomic E-state index is -0.197. The molecule has 1 N–H and O–H groups in total. The zero-order valence-electron chi connectivity index (χ0n) is 11.4. The number of rotatable bonds is 6. The fourth-order valence-corrected chi connectivity index (χ4v) is 2.51. The third-order valence-electron chi connectivity index (χ3n) is 3.14. The van der Waals surface area contributed by atoms with Crippen LogP contribution >= 0.6 is 15.9 Å². The first-order valence-electron chi connectivity index (χ1n) is 6.79. The summed E-state index contributed by atoms with van der Waals surface area (Å²) in [6, 6.07) is 11.2. The van der Waals surface area contributed by atoms with Crippen LogP contribution in [0.3, 0.4) is 0 Å². The average molecular weight is 337 g/mol. The number of nitrogens with one attached hydrogen (secondary N) is 1. The highest BCUT2D eigenvalue weighted by atomic mass is 79.9. The summed E-state index contributed by atoms with van der Waals surface area (Å²) in [5, 5.41) is 3.40. The van der Waals surface area contributed by atoms with Gasteiger partial charge in [-0.15, -0.1) is 0 Å². The minimum Gasteiger partial charge on any atom is -0.310 e. The zero-order valence-corrected chi connectivity index (χ0v) is 13.0. The summed E-state index contributed by atoms with van der Waals surface area (Å²) in [6.07, 6.45) is 3.45. The van der Waals surface area contributed by atoms with Crippen LogP contribution in [-0.2, 0) is 6.42 Å². The van der Waals surface area contributed by atoms with E-state index in [1.54, 1.807) is 12.3 Å². The van der Waals surface area contributed by atoms with Crippen molar-refractivity contribution < 1.29 is 4.39 Å². The Hall–Kier alpha value is -1.26. The maximum absolute atomic E-state index is 14.3. The second-order valence-electron chi connectivity index (χ2n) is 4.67. The van der Waals surface area contributed by atoms with Gasteiger partial charge in [0.05, 0.1) is 4.47 Å². The van der Waals surface area contributed by atoms with E-state index >= 15 is 0 Å². The van der Waals surface area contributed by atoms with Crippen molar-refractivity contribution in [1.82, 2.24) is 10.3 Å². The third kappa shape index (κ3) is 3.87. The Bertz CT molecular complexity index is 545. The summed E-state index contributed by atoms with van der Waals surface area (Å²) in [5.41, 5.74) is 1.64. The normalized spacial score (nSPS) is 12.3. The predicted octanol–water partition coefficient (Wildman–Crippen LogP) is 4.27. The van der Waals surface area contributed by atoms with E-state index in [0.717, 1.165) is 18.7 Å². The van der Waals surface area contributed by atoms with Gasteiger partial charge in [0.25, 0.3) is 0 Å². The van der Waals surface area contributed by atoms with E-state index in [1.807, 2.05) is 30.3 Å². The Morgan fingerprint density at radius 2 is 2.10 bits per heavy atom. The van der Waals surface area contributed by atoms with Crippen LogP contribution < -0.4 is 5.32 Å². The molecule has 106 valence electrons. The Labute approximate surface area is 127 Å². The highest BCUT2D eigenvalue weighted by molar-refractivity contribution is 9.10. The van der Waals surface area contributed by atoms with E-state index in [4.69, 9.17) is 0 Å². The molecule has 1 aromatic carbocycles. The summed E-state index contributed by atoms with van der Waals surface area (Å²) in [7, 11) is 0. The standard InChI is InChI=1S/C16H18BrFN2/c1-2-9-20-15(11-12-6-3-4-10-19-12)13-7-5-8-14(17)16(13)18/h3-8,10,15,20H,2,9,11H2,1H3. The minimum absolute atomic E-state index is 0.0673. The topological polar surface area (TPSA) is 24.9 Å². The van der Waals surface area contributed by atoms with Crippen LogP contribution in [0.1, 0.15) is 30.6 Å². The lowest BCUT2D eigenvalue weighted by molar-refractivity contribution is 0.491. The molecule has 2 rings (SSSR count). The van der Waals surface area contributed by atoms with Crippen molar-refractivity contribution >= 4 is 15.9 Å². The largest absolute Gasteiger partial charge is 0.310 e. The molecule has 0 amide bonds. The van der Waals surface area contributed by atoms with E-state index in [-0.39, 0.29) is 11.9 Å². The molecule has 2 nitrogen and oxygen atoms in total. The van der Waals surface area contributed by atoms with Gasteiger partial charge in [0, 0.05) is 29.9 Å². The van der Waals surface area contributed by atoms with Crippen LogP contribution in [0, 0.1) is 5.82 Å². The molecule has 0 radical (unpaired) electrons. The second kappa shape index (κ2) is 7.50. The molecule has 0 fully saturated rings. The molecule has 0 bridgehead atoms. The van der Waals surface area contributed by atoms with Crippen molar-refractivity contribution in [3.63, 3.8) is 0 Å². The average Bonchev–Trinajstić information content (AvgIpc) is 2.48. The molecule has 0 spiro atoms. The number of hydrogen-bond donors (Lipinski definition) is 1. The summed E-state index contributed by atoms with van der Waals surface area (Å²) in [6.45, 7) is 2.95. The zero-order chi connectivity index (χ0) is 14.4. The lowest BCUT2D eigenvalue weighted by atomic mass is 10.0. The molecule has 2 aromatic rings. The highest BCUT2D eigenvalue weighted by Crippen LogP contribution is 2.25. The van der Waals surface area contributed by atoms with E-state index in [9.17, 15) is 4.39 Å². The monoisotopic (exact) mass is 336 g/mol. The van der Waals surface area contributed by atoms with Crippen molar-refractivity contribution in [3.05, 3.63) is 64.1 Å². The molecule has 0 aliphatic heterocycles. The summed E-state index contributed by atoms with van der Waals surface area (Å²) in [4.78, 5) is 4.33. The predicted molar refractivity (Wildman–Crippen MR) is 83.1 cm³/mol. The van der Waals surface area contributed by atoms with E-state index in [2.05, 4.69) is 33.2 Å². The van der Waals surface area contributed by atoms with Crippen LogP contribution in [0.15, 0.2) is 47.1 Å². The molecule has 0 saturated carbocycles. The fraction of sp³-hybridized carbons (Fsp3) is 0.312. The lowest BCUT2D eigenvalue weighted by Gasteiger charge is -2.19. The van der Waals surface area contributed by atoms with Crippen molar-refractivity contribution in [1.29, 1.82) is 0 Å². The number of aromatic nitrogens is 1. The molecule has 20 heavy (non-hydrogen) atoms. The van der Waals surface area contributed by atoms with E-state index < -0.39 is 0 Å². The van der Waals surface area contributed by atoms with Gasteiger partial charge in [0.1, 0.15) is 5.82 Å². The first-order valence-corrected chi connectivity index (χ1v) is 7.59. The first kappa shape index (κ1) is 15.1. The molecule has 1 aromatic heterocycles. The van der Waals surface area contributed by atoms with Gasteiger partial charge in [-0.05, 0) is 47.1 Å². The van der Waals surface area contributed by atoms with Gasteiger partial charge in [0.2, 0.25) is 0 Å². The SMILES string of the molecule is CCCNC(Cc1ccccn1)c1cccc(Br)c1F. The van der Waals surface area contributed by atoms with Gasteiger partial charge >= 0.3 is 0 Å². The first-order chi connectivity index (χ1) is 9.72. The van der Waals surface area contributed by atoms with Gasteiger partial charge in [-0.1, -0.05) is 25.1 Å². The maximum atomic E-state index is 14.3. The number of pyridine rings is 1. The Morgan fingerprint density at radius 1 is 1.25 bits per heavy atom. The molecular formula is C16H18BrFN2. The molecule has 1 atom stereocenters. The smallest absolute Gasteiger partial charge is 0.142 e. The van der Waals surface area contributed by atoms with Crippen LogP contribution in [0.25, 0.3) is 0 Å². The van der Waals surface area contributed by atoms with Crippen molar-refractivity contribution in [2.24, 2.45) is 0 Å². The van der Waals surface area contributed by atoms with Crippen molar-refractivity contribution in [3.8, 4) is 0 Å². The van der Waals surface area contributed by atoms with Gasteiger partial charge in [-0.3, -0.25) is 4.98 Å². The molecule has 0 aliphatic carbocycles. The summed E-state index contributed by atoms with van der Waals surface area (Å²) < 4.78 is 14.8. The van der Waals surface area contributed by atoms with E-state index in [1.165, 1.54) is 0 Å². The van der Waals surface area contributed by atoms with E-state index in [0.29, 0.717) is 16.5 Å². The third-order valence-corrected chi connectivity index (χ3v) is 3.75. The maximum Gasteiger partial charge on any atom is 0.142 e. The van der Waals surface area contributed by atoms with Crippen LogP contribution in [-0.4, -0.2) is 11.5 Å². The molecule has 1 unspecified atom stereocenters. The van der Waals surface area contributed by atoms with Gasteiger partial charge in [-0.2, -0.15) is 0 Å². The van der Waals surface area contributed by atoms with Crippen LogP contribution in [0.5, 0.6) is 0 Å². The number of benzene rings is 1. The van der Waals surface area contributed by atoms with Crippen LogP contribution in [0.4, 0.5) is 4.39 Å². The van der Waals surface area contributed by atoms with Crippen molar-refractivity contribution in [2.45, 2.75) is 25.8 Å². The van der Waals surface area contributed by atoms with Crippen LogP contribution in [0.2, 0.25) is 0 Å². The Morgan fingerprint density at radius 3 is 2.80 bits per heavy atom. The number of hydrogen-bond acceptors (Lipinski definition) is 2. The number of halogens is 2. The molecule has 1 heterocycles. The Balaban J connectivity index is 2.25. The number of nitrogens with zero attached hydrogens (tertiary/aromatic N) is 1. The second-order valence-corrected chi connectivity index (χ2v) is 5.53. The molecule has 0 saturated heterocycles. The van der Waals surface area contributed by atoms with Gasteiger partial charge in [-0.25, -0.2) is 4.39 Å². The molecule has 4 heteroatoms. The quantitative estimate of drug-likeness (QED) is 0.852. The van der Waals surface area contributed by atoms with Crippen molar-refractivity contribution in [2.75, 3.05) is 6.54 Å². The fourth-order valence-electron chi connectivity index (χ4n) is 2.13. The summed E-state index contributed by atoms with van der Waals surface area (Å²) in [5.74, 6) is -0.197. The Kier molecular flexibility index (Phi) is 5.68. The lowest BCUT2D eigenvalue weighted by Crippen LogP contribution is -2.25.